The molecular formula is C18H16N4O3S. The Hall–Kier alpha value is -3.00. The van der Waals surface area contributed by atoms with E-state index in [2.05, 4.69) is 4.98 Å². The maximum Gasteiger partial charge on any atom is 0.287 e. The van der Waals surface area contributed by atoms with Gasteiger partial charge in [-0.2, -0.15) is 0 Å². The molecule has 0 aliphatic carbocycles. The Bertz CT molecular complexity index is 929. The van der Waals surface area contributed by atoms with Gasteiger partial charge < -0.3 is 9.80 Å². The standard InChI is InChI=1S/C18H16N4O3S/c23-18(16-11-13-3-1-2-4-15(13)26-16)21-9-7-20(8-10-21)17-6-5-14(12-19-17)22(24)25/h1-6,11-12H,7-10H2. The number of amides is 1. The van der Waals surface area contributed by atoms with Crippen LogP contribution in [0.4, 0.5) is 11.5 Å². The van der Waals surface area contributed by atoms with Gasteiger partial charge in [0.25, 0.3) is 11.6 Å². The summed E-state index contributed by atoms with van der Waals surface area (Å²) in [5.41, 5.74) is -0.0210. The van der Waals surface area contributed by atoms with Crippen LogP contribution in [0.25, 0.3) is 10.1 Å². The molecule has 1 amide bonds. The number of carbonyl (C=O) groups excluding carboxylic acids is 1. The third-order valence-electron chi connectivity index (χ3n) is 4.47. The molecule has 0 atom stereocenters. The van der Waals surface area contributed by atoms with Crippen LogP contribution in [0.3, 0.4) is 0 Å². The zero-order chi connectivity index (χ0) is 18.1. The average Bonchev–Trinajstić information content (AvgIpc) is 3.12. The number of nitrogens with zero attached hydrogens (tertiary/aromatic N) is 4. The molecule has 1 saturated heterocycles. The SMILES string of the molecule is O=C(c1cc2ccccc2s1)N1CCN(c2ccc([N+](=O)[O-])cn2)CC1. The molecule has 0 N–H and O–H groups in total. The van der Waals surface area contributed by atoms with E-state index in [1.54, 1.807) is 6.07 Å². The van der Waals surface area contributed by atoms with Crippen LogP contribution in [-0.2, 0) is 0 Å². The van der Waals surface area contributed by atoms with Gasteiger partial charge in [0.2, 0.25) is 0 Å². The molecule has 1 fully saturated rings. The summed E-state index contributed by atoms with van der Waals surface area (Å²) in [6.07, 6.45) is 1.27. The predicted octanol–water partition coefficient (Wildman–Crippen LogP) is 3.17. The smallest absolute Gasteiger partial charge is 0.287 e. The van der Waals surface area contributed by atoms with Crippen molar-refractivity contribution in [1.29, 1.82) is 0 Å². The quantitative estimate of drug-likeness (QED) is 0.524. The number of benzene rings is 1. The van der Waals surface area contributed by atoms with Gasteiger partial charge in [-0.3, -0.25) is 14.9 Å². The lowest BCUT2D eigenvalue weighted by molar-refractivity contribution is -0.385. The topological polar surface area (TPSA) is 79.6 Å². The van der Waals surface area contributed by atoms with Crippen LogP contribution in [0.5, 0.6) is 0 Å². The molecule has 7 nitrogen and oxygen atoms in total. The largest absolute Gasteiger partial charge is 0.353 e. The van der Waals surface area contributed by atoms with E-state index in [1.807, 2.05) is 40.1 Å². The Kier molecular flexibility index (Phi) is 4.26. The second-order valence-corrected chi connectivity index (χ2v) is 7.14. The first kappa shape index (κ1) is 16.5. The summed E-state index contributed by atoms with van der Waals surface area (Å²) in [7, 11) is 0. The second-order valence-electron chi connectivity index (χ2n) is 6.06. The molecule has 132 valence electrons. The number of pyridine rings is 1. The Balaban J connectivity index is 1.42. The number of fused-ring (bicyclic) bond motifs is 1. The van der Waals surface area contributed by atoms with Gasteiger partial charge in [-0.25, -0.2) is 4.98 Å². The average molecular weight is 368 g/mol. The molecule has 2 aromatic heterocycles. The molecule has 0 spiro atoms. The minimum absolute atomic E-state index is 0.0210. The van der Waals surface area contributed by atoms with E-state index in [0.29, 0.717) is 32.0 Å². The molecule has 0 bridgehead atoms. The van der Waals surface area contributed by atoms with E-state index in [9.17, 15) is 14.9 Å². The van der Waals surface area contributed by atoms with E-state index in [-0.39, 0.29) is 11.6 Å². The van der Waals surface area contributed by atoms with Gasteiger partial charge in [0.1, 0.15) is 12.0 Å². The lowest BCUT2D eigenvalue weighted by Crippen LogP contribution is -2.48. The highest BCUT2D eigenvalue weighted by atomic mass is 32.1. The van der Waals surface area contributed by atoms with Crippen LogP contribution < -0.4 is 4.90 Å². The van der Waals surface area contributed by atoms with Gasteiger partial charge >= 0.3 is 0 Å². The third-order valence-corrected chi connectivity index (χ3v) is 5.57. The molecule has 1 aromatic carbocycles. The normalized spacial score (nSPS) is 14.6. The lowest BCUT2D eigenvalue weighted by Gasteiger charge is -2.35. The third kappa shape index (κ3) is 3.11. The molecule has 0 unspecified atom stereocenters. The fourth-order valence-electron chi connectivity index (χ4n) is 3.06. The summed E-state index contributed by atoms with van der Waals surface area (Å²) in [6, 6.07) is 13.0. The summed E-state index contributed by atoms with van der Waals surface area (Å²) >= 11 is 1.52. The number of aromatic nitrogens is 1. The number of hydrogen-bond acceptors (Lipinski definition) is 6. The van der Waals surface area contributed by atoms with E-state index in [4.69, 9.17) is 0 Å². The van der Waals surface area contributed by atoms with Crippen LogP contribution >= 0.6 is 11.3 Å². The van der Waals surface area contributed by atoms with Crippen LogP contribution in [0.15, 0.2) is 48.7 Å². The fraction of sp³-hybridized carbons (Fsp3) is 0.222. The lowest BCUT2D eigenvalue weighted by atomic mass is 10.2. The molecule has 3 heterocycles. The van der Waals surface area contributed by atoms with Crippen molar-refractivity contribution in [2.75, 3.05) is 31.1 Å². The number of piperazine rings is 1. The van der Waals surface area contributed by atoms with Crippen molar-refractivity contribution in [1.82, 2.24) is 9.88 Å². The molecule has 4 rings (SSSR count). The highest BCUT2D eigenvalue weighted by Gasteiger charge is 2.24. The molecule has 8 heteroatoms. The van der Waals surface area contributed by atoms with Crippen LogP contribution in [-0.4, -0.2) is 46.9 Å². The second kappa shape index (κ2) is 6.72. The summed E-state index contributed by atoms with van der Waals surface area (Å²) < 4.78 is 1.12. The maximum absolute atomic E-state index is 12.8. The first-order valence-electron chi connectivity index (χ1n) is 8.25. The summed E-state index contributed by atoms with van der Waals surface area (Å²) in [4.78, 5) is 31.8. The fourth-order valence-corrected chi connectivity index (χ4v) is 4.09. The first-order chi connectivity index (χ1) is 12.6. The number of carbonyl (C=O) groups is 1. The van der Waals surface area contributed by atoms with E-state index in [1.165, 1.54) is 23.6 Å². The van der Waals surface area contributed by atoms with Gasteiger partial charge in [-0.1, -0.05) is 18.2 Å². The Labute approximate surface area is 153 Å². The van der Waals surface area contributed by atoms with Crippen LogP contribution in [0, 0.1) is 10.1 Å². The Morgan fingerprint density at radius 2 is 1.88 bits per heavy atom. The van der Waals surface area contributed by atoms with Crippen molar-refractivity contribution in [3.63, 3.8) is 0 Å². The van der Waals surface area contributed by atoms with Crippen molar-refractivity contribution < 1.29 is 9.72 Å². The number of rotatable bonds is 3. The zero-order valence-electron chi connectivity index (χ0n) is 13.9. The molecule has 26 heavy (non-hydrogen) atoms. The van der Waals surface area contributed by atoms with Gasteiger partial charge in [0, 0.05) is 36.9 Å². The summed E-state index contributed by atoms with van der Waals surface area (Å²) in [5.74, 6) is 0.757. The van der Waals surface area contributed by atoms with Crippen LogP contribution in [0.1, 0.15) is 9.67 Å². The van der Waals surface area contributed by atoms with Crippen molar-refractivity contribution in [3.05, 3.63) is 63.7 Å². The molecule has 0 saturated carbocycles. The van der Waals surface area contributed by atoms with Crippen molar-refractivity contribution in [3.8, 4) is 0 Å². The molecule has 3 aromatic rings. The summed E-state index contributed by atoms with van der Waals surface area (Å²) in [5, 5.41) is 11.8. The minimum Gasteiger partial charge on any atom is -0.353 e. The summed E-state index contributed by atoms with van der Waals surface area (Å²) in [6.45, 7) is 2.51. The van der Waals surface area contributed by atoms with Gasteiger partial charge in [0.05, 0.1) is 9.80 Å². The Morgan fingerprint density at radius 1 is 1.12 bits per heavy atom. The molecule has 1 aliphatic heterocycles. The van der Waals surface area contributed by atoms with Crippen molar-refractivity contribution in [2.24, 2.45) is 0 Å². The number of hydrogen-bond donors (Lipinski definition) is 0. The van der Waals surface area contributed by atoms with Crippen LogP contribution in [0.2, 0.25) is 0 Å². The predicted molar refractivity (Wildman–Crippen MR) is 101 cm³/mol. The van der Waals surface area contributed by atoms with E-state index in [0.717, 1.165) is 15.0 Å². The van der Waals surface area contributed by atoms with Gasteiger partial charge in [0.15, 0.2) is 0 Å². The minimum atomic E-state index is -0.460. The van der Waals surface area contributed by atoms with E-state index < -0.39 is 4.92 Å². The maximum atomic E-state index is 12.8. The Morgan fingerprint density at radius 3 is 2.54 bits per heavy atom. The number of nitro groups is 1. The monoisotopic (exact) mass is 368 g/mol. The first-order valence-corrected chi connectivity index (χ1v) is 9.07. The highest BCUT2D eigenvalue weighted by Crippen LogP contribution is 2.27. The zero-order valence-corrected chi connectivity index (χ0v) is 14.7. The van der Waals surface area contributed by atoms with Crippen molar-refractivity contribution >= 4 is 38.8 Å². The number of anilines is 1. The van der Waals surface area contributed by atoms with Gasteiger partial charge in [-0.15, -0.1) is 11.3 Å². The number of thiophene rings is 1. The van der Waals surface area contributed by atoms with Crippen molar-refractivity contribution in [2.45, 2.75) is 0 Å². The molecule has 0 radical (unpaired) electrons. The van der Waals surface area contributed by atoms with Gasteiger partial charge in [-0.05, 0) is 23.6 Å². The molecule has 1 aliphatic rings. The van der Waals surface area contributed by atoms with E-state index >= 15 is 0 Å². The molecular weight excluding hydrogens is 352 g/mol. The highest BCUT2D eigenvalue weighted by molar-refractivity contribution is 7.20.